The predicted molar refractivity (Wildman–Crippen MR) is 86.6 cm³/mol. The summed E-state index contributed by atoms with van der Waals surface area (Å²) in [4.78, 5) is 14.6. The van der Waals surface area contributed by atoms with Gasteiger partial charge in [-0.2, -0.15) is 5.10 Å². The Balaban J connectivity index is 1.41. The van der Waals surface area contributed by atoms with E-state index in [0.717, 1.165) is 32.4 Å². The number of carbonyl (C=O) groups excluding carboxylic acids is 1. The van der Waals surface area contributed by atoms with Crippen molar-refractivity contribution in [3.8, 4) is 0 Å². The number of aromatic nitrogens is 2. The molecule has 5 heteroatoms. The van der Waals surface area contributed by atoms with Crippen LogP contribution in [0.1, 0.15) is 56.9 Å². The van der Waals surface area contributed by atoms with Gasteiger partial charge in [0.1, 0.15) is 0 Å². The molecule has 1 aromatic rings. The monoisotopic (exact) mass is 304 g/mol. The minimum atomic E-state index is 0.209. The number of H-pyrrole nitrogens is 1. The van der Waals surface area contributed by atoms with E-state index in [1.165, 1.54) is 24.8 Å². The second kappa shape index (κ2) is 7.27. The minimum Gasteiger partial charge on any atom is -0.352 e. The summed E-state index contributed by atoms with van der Waals surface area (Å²) in [6.07, 6.45) is 11.1. The van der Waals surface area contributed by atoms with Gasteiger partial charge in [-0.3, -0.25) is 14.8 Å². The zero-order valence-corrected chi connectivity index (χ0v) is 13.6. The Labute approximate surface area is 132 Å². The molecule has 2 heterocycles. The third-order valence-electron chi connectivity index (χ3n) is 5.40. The molecule has 0 bridgehead atoms. The molecule has 2 atom stereocenters. The van der Waals surface area contributed by atoms with E-state index >= 15 is 0 Å². The fourth-order valence-electron chi connectivity index (χ4n) is 3.89. The van der Waals surface area contributed by atoms with Crippen molar-refractivity contribution < 1.29 is 4.79 Å². The third-order valence-corrected chi connectivity index (χ3v) is 5.40. The first-order valence-corrected chi connectivity index (χ1v) is 8.73. The molecule has 1 saturated heterocycles. The molecule has 0 unspecified atom stereocenters. The fraction of sp³-hybridized carbons (Fsp3) is 0.765. The lowest BCUT2D eigenvalue weighted by Gasteiger charge is -2.33. The summed E-state index contributed by atoms with van der Waals surface area (Å²) in [6.45, 7) is 4.83. The maximum atomic E-state index is 12.3. The van der Waals surface area contributed by atoms with E-state index in [2.05, 4.69) is 27.3 Å². The lowest BCUT2D eigenvalue weighted by Crippen LogP contribution is -2.47. The molecule has 1 aliphatic heterocycles. The van der Waals surface area contributed by atoms with Crippen LogP contribution in [-0.4, -0.2) is 46.7 Å². The Hall–Kier alpha value is -1.36. The Morgan fingerprint density at radius 3 is 2.77 bits per heavy atom. The molecule has 2 aliphatic rings. The Bertz CT molecular complexity index is 465. The molecule has 0 radical (unpaired) electrons. The predicted octanol–water partition coefficient (Wildman–Crippen LogP) is 2.28. The molecule has 1 aliphatic carbocycles. The highest BCUT2D eigenvalue weighted by atomic mass is 16.2. The van der Waals surface area contributed by atoms with Crippen LogP contribution in [0.3, 0.4) is 0 Å². The van der Waals surface area contributed by atoms with Crippen LogP contribution in [0.5, 0.6) is 0 Å². The number of carbonyl (C=O) groups is 1. The molecule has 2 fully saturated rings. The number of rotatable bonds is 4. The van der Waals surface area contributed by atoms with Crippen molar-refractivity contribution >= 4 is 5.91 Å². The van der Waals surface area contributed by atoms with Gasteiger partial charge in [-0.05, 0) is 56.2 Å². The van der Waals surface area contributed by atoms with Crippen LogP contribution >= 0.6 is 0 Å². The van der Waals surface area contributed by atoms with Gasteiger partial charge in [0, 0.05) is 12.2 Å². The lowest BCUT2D eigenvalue weighted by atomic mass is 9.86. The highest BCUT2D eigenvalue weighted by Gasteiger charge is 2.25. The van der Waals surface area contributed by atoms with Gasteiger partial charge < -0.3 is 5.32 Å². The average Bonchev–Trinajstić information content (AvgIpc) is 3.05. The fourth-order valence-corrected chi connectivity index (χ4v) is 3.89. The van der Waals surface area contributed by atoms with Gasteiger partial charge in [-0.15, -0.1) is 0 Å². The maximum absolute atomic E-state index is 12.3. The number of hydrogen-bond donors (Lipinski definition) is 2. The summed E-state index contributed by atoms with van der Waals surface area (Å²) in [5, 5.41) is 10.2. The summed E-state index contributed by atoms with van der Waals surface area (Å²) in [5.74, 6) is 1.43. The number of likely N-dealkylation sites (tertiary alicyclic amines) is 1. The third kappa shape index (κ3) is 3.88. The molecule has 3 rings (SSSR count). The van der Waals surface area contributed by atoms with E-state index in [9.17, 15) is 4.79 Å². The van der Waals surface area contributed by atoms with Crippen LogP contribution in [0.2, 0.25) is 0 Å². The lowest BCUT2D eigenvalue weighted by molar-refractivity contribution is -0.123. The van der Waals surface area contributed by atoms with Gasteiger partial charge in [-0.1, -0.05) is 19.8 Å². The number of nitrogens with zero attached hydrogens (tertiary/aromatic N) is 2. The summed E-state index contributed by atoms with van der Waals surface area (Å²) < 4.78 is 0. The van der Waals surface area contributed by atoms with Crippen molar-refractivity contribution in [1.82, 2.24) is 20.4 Å². The Morgan fingerprint density at radius 1 is 1.32 bits per heavy atom. The normalized spacial score (nSPS) is 27.7. The Kier molecular flexibility index (Phi) is 5.13. The van der Waals surface area contributed by atoms with Crippen molar-refractivity contribution in [2.75, 3.05) is 19.6 Å². The molecule has 1 saturated carbocycles. The van der Waals surface area contributed by atoms with E-state index < -0.39 is 0 Å². The largest absolute Gasteiger partial charge is 0.352 e. The maximum Gasteiger partial charge on any atom is 0.234 e. The number of piperidine rings is 1. The zero-order valence-electron chi connectivity index (χ0n) is 13.6. The van der Waals surface area contributed by atoms with Crippen LogP contribution in [0, 0.1) is 5.92 Å². The zero-order chi connectivity index (χ0) is 15.4. The summed E-state index contributed by atoms with van der Waals surface area (Å²) in [5.41, 5.74) is 1.31. The first-order valence-electron chi connectivity index (χ1n) is 8.73. The molecule has 2 N–H and O–H groups in total. The van der Waals surface area contributed by atoms with Gasteiger partial charge >= 0.3 is 0 Å². The van der Waals surface area contributed by atoms with Crippen molar-refractivity contribution in [3.63, 3.8) is 0 Å². The van der Waals surface area contributed by atoms with Crippen LogP contribution in [0.4, 0.5) is 0 Å². The van der Waals surface area contributed by atoms with Crippen LogP contribution in [0.15, 0.2) is 12.4 Å². The first kappa shape index (κ1) is 15.5. The topological polar surface area (TPSA) is 61.0 Å². The number of nitrogens with one attached hydrogen (secondary N) is 2. The quantitative estimate of drug-likeness (QED) is 0.897. The van der Waals surface area contributed by atoms with Crippen molar-refractivity contribution in [1.29, 1.82) is 0 Å². The van der Waals surface area contributed by atoms with Crippen LogP contribution < -0.4 is 5.32 Å². The van der Waals surface area contributed by atoms with Gasteiger partial charge in [0.2, 0.25) is 5.91 Å². The van der Waals surface area contributed by atoms with E-state index in [-0.39, 0.29) is 5.91 Å². The van der Waals surface area contributed by atoms with Gasteiger partial charge in [0.05, 0.1) is 12.7 Å². The number of hydrogen-bond acceptors (Lipinski definition) is 3. The number of aromatic amines is 1. The SMILES string of the molecule is C[C@H]1CCCC[C@@H]1NC(=O)CN1CCC(c2cn[nH]c2)CC1. The average molecular weight is 304 g/mol. The molecule has 5 nitrogen and oxygen atoms in total. The molecule has 1 amide bonds. The standard InChI is InChI=1S/C17H28N4O/c1-13-4-2-3-5-16(13)20-17(22)12-21-8-6-14(7-9-21)15-10-18-19-11-15/h10-11,13-14,16H,2-9,12H2,1H3,(H,18,19)(H,20,22)/t13-,16-/m0/s1. The summed E-state index contributed by atoms with van der Waals surface area (Å²) in [6, 6.07) is 0.393. The second-order valence-electron chi connectivity index (χ2n) is 7.02. The van der Waals surface area contributed by atoms with Crippen molar-refractivity contribution in [2.45, 2.75) is 57.4 Å². The Morgan fingerprint density at radius 2 is 2.09 bits per heavy atom. The minimum absolute atomic E-state index is 0.209. The highest BCUT2D eigenvalue weighted by Crippen LogP contribution is 2.27. The summed E-state index contributed by atoms with van der Waals surface area (Å²) >= 11 is 0. The van der Waals surface area contributed by atoms with Crippen LogP contribution in [0.25, 0.3) is 0 Å². The van der Waals surface area contributed by atoms with E-state index in [0.29, 0.717) is 24.4 Å². The second-order valence-corrected chi connectivity index (χ2v) is 7.02. The number of amides is 1. The van der Waals surface area contributed by atoms with Crippen LogP contribution in [-0.2, 0) is 4.79 Å². The molecular formula is C17H28N4O. The molecular weight excluding hydrogens is 276 g/mol. The highest BCUT2D eigenvalue weighted by molar-refractivity contribution is 5.78. The van der Waals surface area contributed by atoms with E-state index in [4.69, 9.17) is 0 Å². The molecule has 0 aromatic carbocycles. The molecule has 0 spiro atoms. The van der Waals surface area contributed by atoms with Gasteiger partial charge in [-0.25, -0.2) is 0 Å². The molecule has 1 aromatic heterocycles. The van der Waals surface area contributed by atoms with E-state index in [1.807, 2.05) is 12.4 Å². The van der Waals surface area contributed by atoms with Gasteiger partial charge in [0.25, 0.3) is 0 Å². The first-order chi connectivity index (χ1) is 10.7. The molecule has 22 heavy (non-hydrogen) atoms. The van der Waals surface area contributed by atoms with Crippen molar-refractivity contribution in [3.05, 3.63) is 18.0 Å². The summed E-state index contributed by atoms with van der Waals surface area (Å²) in [7, 11) is 0. The smallest absolute Gasteiger partial charge is 0.234 e. The van der Waals surface area contributed by atoms with Crippen molar-refractivity contribution in [2.24, 2.45) is 5.92 Å². The van der Waals surface area contributed by atoms with E-state index in [1.54, 1.807) is 0 Å². The van der Waals surface area contributed by atoms with Gasteiger partial charge in [0.15, 0.2) is 0 Å². The molecule has 122 valence electrons.